The summed E-state index contributed by atoms with van der Waals surface area (Å²) in [4.78, 5) is 8.27. The van der Waals surface area contributed by atoms with Crippen LogP contribution in [0.4, 0.5) is 0 Å². The van der Waals surface area contributed by atoms with E-state index in [9.17, 15) is 0 Å². The number of nitrogens with one attached hydrogen (secondary N) is 3. The van der Waals surface area contributed by atoms with Gasteiger partial charge in [-0.15, -0.1) is 0 Å². The van der Waals surface area contributed by atoms with E-state index in [2.05, 4.69) is 60.1 Å². The van der Waals surface area contributed by atoms with Gasteiger partial charge >= 0.3 is 0 Å². The van der Waals surface area contributed by atoms with Gasteiger partial charge in [-0.2, -0.15) is 11.8 Å². The molecule has 0 spiro atoms. The zero-order chi connectivity index (χ0) is 19.1. The lowest BCUT2D eigenvalue weighted by Gasteiger charge is -2.34. The molecule has 148 valence electrons. The molecule has 0 radical (unpaired) electrons. The lowest BCUT2D eigenvalue weighted by Crippen LogP contribution is -2.41. The highest BCUT2D eigenvalue weighted by Crippen LogP contribution is 2.34. The molecule has 0 atom stereocenters. The number of aliphatic imine (C=N–C) groups is 1. The molecule has 3 N–H and O–H groups in total. The summed E-state index contributed by atoms with van der Waals surface area (Å²) >= 11 is 1.93. The SMILES string of the molecule is CCNC(=NCC1(SC)CCOCC1)NCCc1c[nH]c2cccc(C)c12. The van der Waals surface area contributed by atoms with E-state index in [-0.39, 0.29) is 4.75 Å². The number of hydrogen-bond acceptors (Lipinski definition) is 3. The quantitative estimate of drug-likeness (QED) is 0.502. The molecule has 0 amide bonds. The zero-order valence-electron chi connectivity index (χ0n) is 16.7. The molecule has 5 nitrogen and oxygen atoms in total. The summed E-state index contributed by atoms with van der Waals surface area (Å²) in [6.07, 6.45) is 7.45. The van der Waals surface area contributed by atoms with Gasteiger partial charge in [-0.25, -0.2) is 0 Å². The Kier molecular flexibility index (Phi) is 7.07. The Morgan fingerprint density at radius 2 is 2.11 bits per heavy atom. The van der Waals surface area contributed by atoms with Crippen molar-refractivity contribution in [3.05, 3.63) is 35.5 Å². The van der Waals surface area contributed by atoms with Gasteiger partial charge in [0, 0.05) is 48.2 Å². The van der Waals surface area contributed by atoms with Crippen LogP contribution in [0, 0.1) is 6.92 Å². The lowest BCUT2D eigenvalue weighted by atomic mass is 9.99. The Balaban J connectivity index is 1.60. The van der Waals surface area contributed by atoms with Crippen molar-refractivity contribution in [2.75, 3.05) is 39.1 Å². The molecule has 2 aromatic rings. The smallest absolute Gasteiger partial charge is 0.191 e. The molecule has 0 saturated carbocycles. The van der Waals surface area contributed by atoms with Gasteiger partial charge in [0.25, 0.3) is 0 Å². The molecule has 0 bridgehead atoms. The number of aryl methyl sites for hydroxylation is 1. The van der Waals surface area contributed by atoms with Gasteiger partial charge in [0.2, 0.25) is 0 Å². The van der Waals surface area contributed by atoms with Crippen molar-refractivity contribution >= 4 is 28.6 Å². The largest absolute Gasteiger partial charge is 0.381 e. The van der Waals surface area contributed by atoms with Gasteiger partial charge in [0.15, 0.2) is 5.96 Å². The number of ether oxygens (including phenoxy) is 1. The summed E-state index contributed by atoms with van der Waals surface area (Å²) in [5.41, 5.74) is 3.90. The molecule has 1 aromatic heterocycles. The second kappa shape index (κ2) is 9.51. The Labute approximate surface area is 166 Å². The van der Waals surface area contributed by atoms with Crippen molar-refractivity contribution in [3.63, 3.8) is 0 Å². The van der Waals surface area contributed by atoms with Crippen LogP contribution in [-0.4, -0.2) is 54.8 Å². The van der Waals surface area contributed by atoms with Gasteiger partial charge in [-0.3, -0.25) is 4.99 Å². The van der Waals surface area contributed by atoms with Crippen LogP contribution in [0.1, 0.15) is 30.9 Å². The number of aromatic amines is 1. The average Bonchev–Trinajstić information content (AvgIpc) is 3.11. The van der Waals surface area contributed by atoms with E-state index in [0.29, 0.717) is 0 Å². The minimum atomic E-state index is 0.217. The van der Waals surface area contributed by atoms with Gasteiger partial charge in [-0.1, -0.05) is 12.1 Å². The van der Waals surface area contributed by atoms with Crippen LogP contribution in [0.15, 0.2) is 29.4 Å². The number of fused-ring (bicyclic) bond motifs is 1. The van der Waals surface area contributed by atoms with Gasteiger partial charge < -0.3 is 20.4 Å². The summed E-state index contributed by atoms with van der Waals surface area (Å²) in [5.74, 6) is 0.911. The molecule has 0 aliphatic carbocycles. The number of benzene rings is 1. The van der Waals surface area contributed by atoms with Crippen LogP contribution in [0.3, 0.4) is 0 Å². The van der Waals surface area contributed by atoms with Crippen LogP contribution in [0.25, 0.3) is 10.9 Å². The van der Waals surface area contributed by atoms with Crippen LogP contribution in [0.2, 0.25) is 0 Å². The minimum Gasteiger partial charge on any atom is -0.381 e. The van der Waals surface area contributed by atoms with Crippen LogP contribution in [-0.2, 0) is 11.2 Å². The Morgan fingerprint density at radius 3 is 2.85 bits per heavy atom. The van der Waals surface area contributed by atoms with Crippen LogP contribution < -0.4 is 10.6 Å². The number of aromatic nitrogens is 1. The third-order valence-electron chi connectivity index (χ3n) is 5.39. The summed E-state index contributed by atoms with van der Waals surface area (Å²) < 4.78 is 5.75. The molecular formula is C21H32N4OS. The third-order valence-corrected chi connectivity index (χ3v) is 6.79. The maximum absolute atomic E-state index is 5.54. The van der Waals surface area contributed by atoms with E-state index in [1.807, 2.05) is 11.8 Å². The van der Waals surface area contributed by atoms with Crippen LogP contribution in [0.5, 0.6) is 0 Å². The Morgan fingerprint density at radius 1 is 1.30 bits per heavy atom. The average molecular weight is 389 g/mol. The third kappa shape index (κ3) is 4.99. The van der Waals surface area contributed by atoms with Crippen LogP contribution >= 0.6 is 11.8 Å². The maximum Gasteiger partial charge on any atom is 0.191 e. The number of hydrogen-bond donors (Lipinski definition) is 3. The molecule has 1 aliphatic heterocycles. The first-order chi connectivity index (χ1) is 13.2. The summed E-state index contributed by atoms with van der Waals surface area (Å²) in [7, 11) is 0. The molecule has 2 heterocycles. The highest BCUT2D eigenvalue weighted by atomic mass is 32.2. The second-order valence-electron chi connectivity index (χ2n) is 7.18. The topological polar surface area (TPSA) is 61.4 Å². The fourth-order valence-electron chi connectivity index (χ4n) is 3.70. The Bertz CT molecular complexity index is 765. The van der Waals surface area contributed by atoms with Crippen molar-refractivity contribution in [3.8, 4) is 0 Å². The summed E-state index contributed by atoms with van der Waals surface area (Å²) in [6.45, 7) is 8.54. The number of nitrogens with zero attached hydrogens (tertiary/aromatic N) is 1. The van der Waals surface area contributed by atoms with Crippen molar-refractivity contribution in [1.29, 1.82) is 0 Å². The van der Waals surface area contributed by atoms with Gasteiger partial charge in [0.05, 0.1) is 6.54 Å². The number of guanidine groups is 1. The molecule has 0 unspecified atom stereocenters. The van der Waals surface area contributed by atoms with E-state index in [1.165, 1.54) is 22.0 Å². The van der Waals surface area contributed by atoms with E-state index in [4.69, 9.17) is 9.73 Å². The van der Waals surface area contributed by atoms with Crippen molar-refractivity contribution in [2.45, 2.75) is 37.9 Å². The zero-order valence-corrected chi connectivity index (χ0v) is 17.5. The minimum absolute atomic E-state index is 0.217. The fraction of sp³-hybridized carbons (Fsp3) is 0.571. The second-order valence-corrected chi connectivity index (χ2v) is 8.46. The molecule has 6 heteroatoms. The first-order valence-electron chi connectivity index (χ1n) is 9.88. The molecule has 3 rings (SSSR count). The van der Waals surface area contributed by atoms with E-state index in [1.54, 1.807) is 0 Å². The Hall–Kier alpha value is -1.66. The van der Waals surface area contributed by atoms with Crippen molar-refractivity contribution in [2.24, 2.45) is 4.99 Å². The van der Waals surface area contributed by atoms with Crippen molar-refractivity contribution in [1.82, 2.24) is 15.6 Å². The molecule has 1 aromatic carbocycles. The molecule has 1 saturated heterocycles. The summed E-state index contributed by atoms with van der Waals surface area (Å²) in [5, 5.41) is 8.24. The normalized spacial score (nSPS) is 17.2. The highest BCUT2D eigenvalue weighted by molar-refractivity contribution is 8.00. The number of H-pyrrole nitrogens is 1. The van der Waals surface area contributed by atoms with Crippen molar-refractivity contribution < 1.29 is 4.74 Å². The number of thioether (sulfide) groups is 1. The van der Waals surface area contributed by atoms with E-state index < -0.39 is 0 Å². The van der Waals surface area contributed by atoms with Gasteiger partial charge in [0.1, 0.15) is 0 Å². The molecule has 27 heavy (non-hydrogen) atoms. The fourth-order valence-corrected chi connectivity index (χ4v) is 4.47. The first kappa shape index (κ1) is 20.1. The molecule has 1 fully saturated rings. The van der Waals surface area contributed by atoms with E-state index >= 15 is 0 Å². The summed E-state index contributed by atoms with van der Waals surface area (Å²) in [6, 6.07) is 6.42. The predicted octanol–water partition coefficient (Wildman–Crippen LogP) is 3.49. The van der Waals surface area contributed by atoms with E-state index in [0.717, 1.165) is 58.1 Å². The van der Waals surface area contributed by atoms with Gasteiger partial charge in [-0.05, 0) is 56.6 Å². The standard InChI is InChI=1S/C21H32N4OS/c1-4-22-20(25-15-21(27-3)9-12-26-13-10-21)23-11-8-17-14-24-18-7-5-6-16(2)19(17)18/h5-7,14,24H,4,8-13,15H2,1-3H3,(H2,22,23,25). The maximum atomic E-state index is 5.54. The predicted molar refractivity (Wildman–Crippen MR) is 117 cm³/mol. The lowest BCUT2D eigenvalue weighted by molar-refractivity contribution is 0.0794. The first-order valence-corrected chi connectivity index (χ1v) is 11.1. The molecular weight excluding hydrogens is 356 g/mol. The monoisotopic (exact) mass is 388 g/mol. The highest BCUT2D eigenvalue weighted by Gasteiger charge is 2.31. The molecule has 1 aliphatic rings. The number of rotatable bonds is 7.